The molecule has 2 aromatic carbocycles. The van der Waals surface area contributed by atoms with Crippen LogP contribution in [0.2, 0.25) is 0 Å². The maximum atomic E-state index is 12.9. The van der Waals surface area contributed by atoms with E-state index in [1.165, 1.54) is 16.4 Å². The van der Waals surface area contributed by atoms with Gasteiger partial charge in [0.2, 0.25) is 20.0 Å². The van der Waals surface area contributed by atoms with Gasteiger partial charge in [0, 0.05) is 31.2 Å². The van der Waals surface area contributed by atoms with Crippen molar-refractivity contribution in [1.82, 2.24) is 14.3 Å². The van der Waals surface area contributed by atoms with Gasteiger partial charge in [0.15, 0.2) is 0 Å². The van der Waals surface area contributed by atoms with E-state index in [4.69, 9.17) is 0 Å². The summed E-state index contributed by atoms with van der Waals surface area (Å²) >= 11 is 0. The second kappa shape index (κ2) is 9.47. The van der Waals surface area contributed by atoms with Crippen LogP contribution >= 0.6 is 0 Å². The predicted octanol–water partition coefficient (Wildman–Crippen LogP) is 1.63. The minimum absolute atomic E-state index is 0.000544. The number of sulfonamides is 2. The molecule has 0 bridgehead atoms. The zero-order valence-electron chi connectivity index (χ0n) is 17.5. The molecule has 0 saturated carbocycles. The molecule has 2 N–H and O–H groups in total. The number of hydrogen-bond acceptors (Lipinski definition) is 5. The van der Waals surface area contributed by atoms with Gasteiger partial charge in [0.1, 0.15) is 0 Å². The van der Waals surface area contributed by atoms with Gasteiger partial charge in [-0.1, -0.05) is 36.4 Å². The van der Waals surface area contributed by atoms with Crippen molar-refractivity contribution in [2.24, 2.45) is 0 Å². The summed E-state index contributed by atoms with van der Waals surface area (Å²) in [5, 5.41) is 2.85. The summed E-state index contributed by atoms with van der Waals surface area (Å²) in [5.74, 6) is -0.419. The Morgan fingerprint density at radius 1 is 1.10 bits per heavy atom. The van der Waals surface area contributed by atoms with Gasteiger partial charge in [-0.25, -0.2) is 25.9 Å². The lowest BCUT2D eigenvalue weighted by atomic mass is 10.0. The Labute approximate surface area is 183 Å². The largest absolute Gasteiger partial charge is 0.348 e. The van der Waals surface area contributed by atoms with Crippen molar-refractivity contribution in [2.75, 3.05) is 19.3 Å². The number of amides is 1. The lowest BCUT2D eigenvalue weighted by Gasteiger charge is -2.31. The summed E-state index contributed by atoms with van der Waals surface area (Å²) in [6.45, 7) is 2.51. The number of carbonyl (C=O) groups is 1. The number of benzene rings is 2. The third kappa shape index (κ3) is 6.13. The van der Waals surface area contributed by atoms with E-state index in [-0.39, 0.29) is 29.6 Å². The lowest BCUT2D eigenvalue weighted by Crippen LogP contribution is -2.49. The van der Waals surface area contributed by atoms with Gasteiger partial charge in [-0.3, -0.25) is 4.79 Å². The zero-order chi connectivity index (χ0) is 22.6. The number of nitrogens with zero attached hydrogens (tertiary/aromatic N) is 1. The fourth-order valence-corrected chi connectivity index (χ4v) is 5.45. The molecule has 1 amide bonds. The molecule has 3 rings (SSSR count). The number of nitrogens with one attached hydrogen (secondary N) is 2. The molecule has 31 heavy (non-hydrogen) atoms. The highest BCUT2D eigenvalue weighted by Crippen LogP contribution is 2.18. The molecule has 1 atom stereocenters. The van der Waals surface area contributed by atoms with Gasteiger partial charge in [-0.05, 0) is 43.0 Å². The fraction of sp³-hybridized carbons (Fsp3) is 0.381. The highest BCUT2D eigenvalue weighted by atomic mass is 32.2. The molecule has 0 aromatic heterocycles. The van der Waals surface area contributed by atoms with Crippen LogP contribution in [-0.2, 0) is 26.6 Å². The molecule has 1 heterocycles. The molecule has 1 saturated heterocycles. The molecule has 10 heteroatoms. The average Bonchev–Trinajstić information content (AvgIpc) is 2.73. The quantitative estimate of drug-likeness (QED) is 0.645. The number of carbonyl (C=O) groups excluding carboxylic acids is 1. The fourth-order valence-electron chi connectivity index (χ4n) is 3.50. The Hall–Kier alpha value is -2.27. The summed E-state index contributed by atoms with van der Waals surface area (Å²) < 4.78 is 52.9. The van der Waals surface area contributed by atoms with E-state index < -0.39 is 26.0 Å². The van der Waals surface area contributed by atoms with Crippen molar-refractivity contribution in [1.29, 1.82) is 0 Å². The van der Waals surface area contributed by atoms with Crippen molar-refractivity contribution < 1.29 is 21.6 Å². The summed E-state index contributed by atoms with van der Waals surface area (Å²) in [6, 6.07) is 13.2. The summed E-state index contributed by atoms with van der Waals surface area (Å²) in [7, 11) is -7.14. The SMILES string of the molecule is Cc1ccc(S(=O)(=O)NCc2ccccc2)cc1C(=O)NC1CCCN(S(C)(=O)=O)C1. The van der Waals surface area contributed by atoms with Gasteiger partial charge in [-0.15, -0.1) is 0 Å². The minimum Gasteiger partial charge on any atom is -0.348 e. The van der Waals surface area contributed by atoms with Crippen molar-refractivity contribution in [2.45, 2.75) is 37.2 Å². The molecule has 0 aliphatic carbocycles. The van der Waals surface area contributed by atoms with Crippen LogP contribution in [0, 0.1) is 6.92 Å². The highest BCUT2D eigenvalue weighted by Gasteiger charge is 2.27. The first-order valence-corrected chi connectivity index (χ1v) is 13.3. The summed E-state index contributed by atoms with van der Waals surface area (Å²) in [6.07, 6.45) is 2.46. The maximum Gasteiger partial charge on any atom is 0.251 e. The second-order valence-corrected chi connectivity index (χ2v) is 11.5. The molecule has 1 aliphatic heterocycles. The average molecular weight is 466 g/mol. The third-order valence-electron chi connectivity index (χ3n) is 5.26. The molecule has 168 valence electrons. The van der Waals surface area contributed by atoms with Gasteiger partial charge < -0.3 is 5.32 Å². The Bertz CT molecular complexity index is 1150. The van der Waals surface area contributed by atoms with Crippen molar-refractivity contribution >= 4 is 26.0 Å². The van der Waals surface area contributed by atoms with E-state index in [1.54, 1.807) is 13.0 Å². The first kappa shape index (κ1) is 23.4. The molecule has 1 aliphatic rings. The minimum atomic E-state index is -3.81. The molecular formula is C21H27N3O5S2. The number of aryl methyl sites for hydroxylation is 1. The van der Waals surface area contributed by atoms with Gasteiger partial charge in [0.25, 0.3) is 5.91 Å². The van der Waals surface area contributed by atoms with E-state index in [2.05, 4.69) is 10.0 Å². The van der Waals surface area contributed by atoms with Crippen molar-refractivity contribution in [3.05, 3.63) is 65.2 Å². The smallest absolute Gasteiger partial charge is 0.251 e. The first-order valence-electron chi connectivity index (χ1n) is 9.96. The van der Waals surface area contributed by atoms with E-state index in [0.29, 0.717) is 24.9 Å². The van der Waals surface area contributed by atoms with Crippen LogP contribution in [0.3, 0.4) is 0 Å². The summed E-state index contributed by atoms with van der Waals surface area (Å²) in [5.41, 5.74) is 1.71. The second-order valence-electron chi connectivity index (χ2n) is 7.72. The first-order chi connectivity index (χ1) is 14.6. The lowest BCUT2D eigenvalue weighted by molar-refractivity contribution is 0.0920. The van der Waals surface area contributed by atoms with Gasteiger partial charge >= 0.3 is 0 Å². The molecule has 8 nitrogen and oxygen atoms in total. The Morgan fingerprint density at radius 2 is 1.81 bits per heavy atom. The van der Waals surface area contributed by atoms with Crippen molar-refractivity contribution in [3.8, 4) is 0 Å². The standard InChI is InChI=1S/C21H27N3O5S2/c1-16-10-11-19(31(28,29)22-14-17-7-4-3-5-8-17)13-20(16)21(25)23-18-9-6-12-24(15-18)30(2,26)27/h3-5,7-8,10-11,13,18,22H,6,9,12,14-15H2,1-2H3,(H,23,25). The van der Waals surface area contributed by atoms with Crippen LogP contribution < -0.4 is 10.0 Å². The molecule has 0 radical (unpaired) electrons. The molecule has 0 spiro atoms. The van der Waals surface area contributed by atoms with E-state index in [1.807, 2.05) is 30.3 Å². The van der Waals surface area contributed by atoms with Crippen LogP contribution in [0.25, 0.3) is 0 Å². The molecule has 2 aromatic rings. The van der Waals surface area contributed by atoms with E-state index in [0.717, 1.165) is 11.8 Å². The summed E-state index contributed by atoms with van der Waals surface area (Å²) in [4.78, 5) is 12.9. The third-order valence-corrected chi connectivity index (χ3v) is 7.93. The molecular weight excluding hydrogens is 438 g/mol. The maximum absolute atomic E-state index is 12.9. The van der Waals surface area contributed by atoms with Gasteiger partial charge in [-0.2, -0.15) is 0 Å². The van der Waals surface area contributed by atoms with Crippen LogP contribution in [0.15, 0.2) is 53.4 Å². The van der Waals surface area contributed by atoms with Gasteiger partial charge in [0.05, 0.1) is 11.2 Å². The number of hydrogen-bond donors (Lipinski definition) is 2. The Kier molecular flexibility index (Phi) is 7.15. The Balaban J connectivity index is 1.73. The van der Waals surface area contributed by atoms with Crippen molar-refractivity contribution in [3.63, 3.8) is 0 Å². The normalized spacial score (nSPS) is 17.9. The number of piperidine rings is 1. The monoisotopic (exact) mass is 465 g/mol. The van der Waals surface area contributed by atoms with Crippen LogP contribution in [0.4, 0.5) is 0 Å². The topological polar surface area (TPSA) is 113 Å². The number of rotatable bonds is 7. The zero-order valence-corrected chi connectivity index (χ0v) is 19.2. The Morgan fingerprint density at radius 3 is 2.48 bits per heavy atom. The molecule has 1 unspecified atom stereocenters. The van der Waals surface area contributed by atoms with E-state index in [9.17, 15) is 21.6 Å². The highest BCUT2D eigenvalue weighted by molar-refractivity contribution is 7.89. The van der Waals surface area contributed by atoms with Crippen LogP contribution in [0.1, 0.15) is 34.3 Å². The van der Waals surface area contributed by atoms with E-state index >= 15 is 0 Å². The van der Waals surface area contributed by atoms with Crippen LogP contribution in [0.5, 0.6) is 0 Å². The predicted molar refractivity (Wildman–Crippen MR) is 119 cm³/mol. The molecule has 1 fully saturated rings. The van der Waals surface area contributed by atoms with Crippen LogP contribution in [-0.4, -0.2) is 52.4 Å².